The standard InChI is InChI=1S/C16H13F3N2O/c1-10-5-2-3-6-11(10)9-21-13-8-4-7-12(16(17,18)19)14(13)20-15(21)22/h2-8H,9H2,1H3,(H,20,22). The third-order valence-corrected chi connectivity index (χ3v) is 3.71. The fourth-order valence-electron chi connectivity index (χ4n) is 2.53. The van der Waals surface area contributed by atoms with Gasteiger partial charge in [-0.05, 0) is 30.2 Å². The summed E-state index contributed by atoms with van der Waals surface area (Å²) in [4.78, 5) is 14.4. The van der Waals surface area contributed by atoms with Gasteiger partial charge in [-0.25, -0.2) is 4.79 Å². The van der Waals surface area contributed by atoms with Crippen LogP contribution < -0.4 is 5.69 Å². The van der Waals surface area contributed by atoms with Gasteiger partial charge in [-0.3, -0.25) is 4.57 Å². The van der Waals surface area contributed by atoms with Crippen molar-refractivity contribution in [3.8, 4) is 0 Å². The zero-order chi connectivity index (χ0) is 15.9. The number of aryl methyl sites for hydroxylation is 1. The molecule has 0 aliphatic rings. The fourth-order valence-corrected chi connectivity index (χ4v) is 2.53. The van der Waals surface area contributed by atoms with E-state index in [1.165, 1.54) is 16.7 Å². The monoisotopic (exact) mass is 306 g/mol. The SMILES string of the molecule is Cc1ccccc1Cn1c(=O)[nH]c2c(C(F)(F)F)cccc21. The maximum absolute atomic E-state index is 13.0. The number of rotatable bonds is 2. The lowest BCUT2D eigenvalue weighted by Gasteiger charge is -2.09. The number of benzene rings is 2. The Kier molecular flexibility index (Phi) is 3.31. The van der Waals surface area contributed by atoms with Gasteiger partial charge >= 0.3 is 11.9 Å². The molecule has 3 aromatic rings. The molecule has 0 fully saturated rings. The van der Waals surface area contributed by atoms with E-state index in [0.717, 1.165) is 17.2 Å². The second-order valence-electron chi connectivity index (χ2n) is 5.14. The van der Waals surface area contributed by atoms with E-state index < -0.39 is 17.4 Å². The molecule has 114 valence electrons. The van der Waals surface area contributed by atoms with Crippen LogP contribution in [0.1, 0.15) is 16.7 Å². The van der Waals surface area contributed by atoms with Crippen LogP contribution in [0.4, 0.5) is 13.2 Å². The average molecular weight is 306 g/mol. The summed E-state index contributed by atoms with van der Waals surface area (Å²) in [5.41, 5.74) is 0.580. The van der Waals surface area contributed by atoms with Crippen molar-refractivity contribution in [1.29, 1.82) is 0 Å². The Morgan fingerprint density at radius 3 is 2.50 bits per heavy atom. The average Bonchev–Trinajstić information content (AvgIpc) is 2.76. The number of imidazole rings is 1. The van der Waals surface area contributed by atoms with Gasteiger partial charge < -0.3 is 4.98 Å². The summed E-state index contributed by atoms with van der Waals surface area (Å²) >= 11 is 0. The van der Waals surface area contributed by atoms with E-state index in [-0.39, 0.29) is 17.6 Å². The molecule has 1 heterocycles. The Morgan fingerprint density at radius 1 is 1.09 bits per heavy atom. The Bertz CT molecular complexity index is 890. The third kappa shape index (κ3) is 2.41. The van der Waals surface area contributed by atoms with Crippen LogP contribution in [0.2, 0.25) is 0 Å². The zero-order valence-electron chi connectivity index (χ0n) is 11.7. The van der Waals surface area contributed by atoms with E-state index in [4.69, 9.17) is 0 Å². The lowest BCUT2D eigenvalue weighted by molar-refractivity contribution is -0.136. The van der Waals surface area contributed by atoms with Gasteiger partial charge in [0, 0.05) is 0 Å². The Hall–Kier alpha value is -2.50. The molecule has 2 aromatic carbocycles. The molecule has 0 amide bonds. The molecular formula is C16H13F3N2O. The van der Waals surface area contributed by atoms with Gasteiger partial charge in [0.25, 0.3) is 0 Å². The Balaban J connectivity index is 2.18. The van der Waals surface area contributed by atoms with Crippen LogP contribution in [-0.4, -0.2) is 9.55 Å². The van der Waals surface area contributed by atoms with Crippen LogP contribution in [-0.2, 0) is 12.7 Å². The molecule has 6 heteroatoms. The highest BCUT2D eigenvalue weighted by molar-refractivity contribution is 5.79. The van der Waals surface area contributed by atoms with Gasteiger partial charge in [0.1, 0.15) is 0 Å². The third-order valence-electron chi connectivity index (χ3n) is 3.71. The highest BCUT2D eigenvalue weighted by Crippen LogP contribution is 2.33. The van der Waals surface area contributed by atoms with E-state index in [1.54, 1.807) is 0 Å². The van der Waals surface area contributed by atoms with Gasteiger partial charge in [0.05, 0.1) is 23.1 Å². The molecule has 0 aliphatic carbocycles. The van der Waals surface area contributed by atoms with Crippen molar-refractivity contribution < 1.29 is 13.2 Å². The molecule has 3 nitrogen and oxygen atoms in total. The molecule has 0 spiro atoms. The zero-order valence-corrected chi connectivity index (χ0v) is 11.7. The summed E-state index contributed by atoms with van der Waals surface area (Å²) in [5, 5.41) is 0. The second kappa shape index (κ2) is 5.05. The lowest BCUT2D eigenvalue weighted by atomic mass is 10.1. The van der Waals surface area contributed by atoms with Crippen LogP contribution in [0.25, 0.3) is 11.0 Å². The number of halogens is 3. The molecule has 0 saturated carbocycles. The molecule has 0 bridgehead atoms. The molecule has 1 N–H and O–H groups in total. The molecule has 0 aliphatic heterocycles. The number of nitrogens with zero attached hydrogens (tertiary/aromatic N) is 1. The van der Waals surface area contributed by atoms with Crippen LogP contribution >= 0.6 is 0 Å². The maximum atomic E-state index is 13.0. The minimum absolute atomic E-state index is 0.173. The van der Waals surface area contributed by atoms with Crippen LogP contribution in [0.3, 0.4) is 0 Å². The molecule has 3 rings (SSSR count). The number of hydrogen-bond donors (Lipinski definition) is 1. The van der Waals surface area contributed by atoms with Gasteiger partial charge in [-0.2, -0.15) is 13.2 Å². The largest absolute Gasteiger partial charge is 0.418 e. The quantitative estimate of drug-likeness (QED) is 0.770. The second-order valence-corrected chi connectivity index (χ2v) is 5.14. The first kappa shape index (κ1) is 14.4. The lowest BCUT2D eigenvalue weighted by Crippen LogP contribution is -2.17. The number of nitrogens with one attached hydrogen (secondary N) is 1. The molecular weight excluding hydrogens is 293 g/mol. The molecule has 0 radical (unpaired) electrons. The van der Waals surface area contributed by atoms with Crippen LogP contribution in [0.15, 0.2) is 47.3 Å². The number of aromatic amines is 1. The number of fused-ring (bicyclic) bond motifs is 1. The Morgan fingerprint density at radius 2 is 1.82 bits per heavy atom. The van der Waals surface area contributed by atoms with E-state index in [1.807, 2.05) is 31.2 Å². The predicted octanol–water partition coefficient (Wildman–Crippen LogP) is 3.71. The molecule has 1 aromatic heterocycles. The number of alkyl halides is 3. The van der Waals surface area contributed by atoms with Crippen molar-refractivity contribution in [3.63, 3.8) is 0 Å². The summed E-state index contributed by atoms with van der Waals surface area (Å²) in [7, 11) is 0. The van der Waals surface area contributed by atoms with Gasteiger partial charge in [-0.15, -0.1) is 0 Å². The smallest absolute Gasteiger partial charge is 0.305 e. The molecule has 0 unspecified atom stereocenters. The Labute approximate surface area is 124 Å². The summed E-state index contributed by atoms with van der Waals surface area (Å²) in [6.45, 7) is 2.13. The number of hydrogen-bond acceptors (Lipinski definition) is 1. The summed E-state index contributed by atoms with van der Waals surface area (Å²) in [6.07, 6.45) is -4.50. The van der Waals surface area contributed by atoms with Crippen molar-refractivity contribution in [1.82, 2.24) is 9.55 Å². The van der Waals surface area contributed by atoms with E-state index in [2.05, 4.69) is 4.98 Å². The fraction of sp³-hybridized carbons (Fsp3) is 0.188. The van der Waals surface area contributed by atoms with Crippen molar-refractivity contribution in [2.75, 3.05) is 0 Å². The van der Waals surface area contributed by atoms with Gasteiger partial charge in [0.15, 0.2) is 0 Å². The molecule has 22 heavy (non-hydrogen) atoms. The summed E-state index contributed by atoms with van der Waals surface area (Å²) < 4.78 is 40.4. The van der Waals surface area contributed by atoms with Crippen molar-refractivity contribution in [3.05, 3.63) is 69.6 Å². The molecule has 0 saturated heterocycles. The topological polar surface area (TPSA) is 37.8 Å². The van der Waals surface area contributed by atoms with E-state index in [0.29, 0.717) is 0 Å². The highest BCUT2D eigenvalue weighted by Gasteiger charge is 2.33. The van der Waals surface area contributed by atoms with Gasteiger partial charge in [-0.1, -0.05) is 30.3 Å². The maximum Gasteiger partial charge on any atom is 0.418 e. The first-order valence-corrected chi connectivity index (χ1v) is 6.71. The number of aromatic nitrogens is 2. The van der Waals surface area contributed by atoms with Crippen molar-refractivity contribution in [2.24, 2.45) is 0 Å². The minimum Gasteiger partial charge on any atom is -0.305 e. The molecule has 0 atom stereocenters. The number of para-hydroxylation sites is 1. The highest BCUT2D eigenvalue weighted by atomic mass is 19.4. The van der Waals surface area contributed by atoms with Crippen LogP contribution in [0.5, 0.6) is 0 Å². The van der Waals surface area contributed by atoms with E-state index in [9.17, 15) is 18.0 Å². The van der Waals surface area contributed by atoms with Crippen LogP contribution in [0, 0.1) is 6.92 Å². The summed E-state index contributed by atoms with van der Waals surface area (Å²) in [5.74, 6) is 0. The van der Waals surface area contributed by atoms with E-state index >= 15 is 0 Å². The van der Waals surface area contributed by atoms with Crippen molar-refractivity contribution >= 4 is 11.0 Å². The predicted molar refractivity (Wildman–Crippen MR) is 77.8 cm³/mol. The minimum atomic E-state index is -4.50. The first-order chi connectivity index (χ1) is 10.4. The first-order valence-electron chi connectivity index (χ1n) is 6.71. The normalized spacial score (nSPS) is 12.0. The van der Waals surface area contributed by atoms with Crippen molar-refractivity contribution in [2.45, 2.75) is 19.6 Å². The van der Waals surface area contributed by atoms with Gasteiger partial charge in [0.2, 0.25) is 0 Å². The number of H-pyrrole nitrogens is 1. The summed E-state index contributed by atoms with van der Waals surface area (Å²) in [6, 6.07) is 11.3.